The summed E-state index contributed by atoms with van der Waals surface area (Å²) in [5.41, 5.74) is 5.46. The van der Waals surface area contributed by atoms with E-state index in [0.717, 1.165) is 6.20 Å². The number of nitrogens with zero attached hydrogens (tertiary/aromatic N) is 1. The van der Waals surface area contributed by atoms with Crippen molar-refractivity contribution in [2.45, 2.75) is 6.92 Å². The predicted molar refractivity (Wildman–Crippen MR) is 45.6 cm³/mol. The van der Waals surface area contributed by atoms with E-state index in [0.29, 0.717) is 0 Å². The number of carbonyl (C=O) groups excluding carboxylic acids is 1. The molecule has 0 bridgehead atoms. The first kappa shape index (κ1) is 9.18. The molecular weight excluding hydrogens is 172 g/mol. The fourth-order valence-corrected chi connectivity index (χ4v) is 0.874. The molecule has 0 radical (unpaired) electrons. The Balaban J connectivity index is 3.27. The molecule has 0 aromatic carbocycles. The van der Waals surface area contributed by atoms with Crippen LogP contribution in [-0.2, 0) is 0 Å². The number of hydrogen-bond donors (Lipinski definition) is 2. The molecule has 1 aromatic rings. The monoisotopic (exact) mass is 180 g/mol. The van der Waals surface area contributed by atoms with Crippen LogP contribution in [0.2, 0.25) is 0 Å². The molecule has 0 aliphatic heterocycles. The first-order valence-corrected chi connectivity index (χ1v) is 3.52. The highest BCUT2D eigenvalue weighted by atomic mass is 16.4. The summed E-state index contributed by atoms with van der Waals surface area (Å²) in [6.45, 7) is 1.30. The number of rotatable bonds is 2. The molecule has 0 saturated heterocycles. The van der Waals surface area contributed by atoms with Gasteiger partial charge in [-0.2, -0.15) is 0 Å². The smallest absolute Gasteiger partial charge is 0.337 e. The normalized spacial score (nSPS) is 9.62. The van der Waals surface area contributed by atoms with Crippen molar-refractivity contribution in [3.05, 3.63) is 23.4 Å². The van der Waals surface area contributed by atoms with Gasteiger partial charge in [0, 0.05) is 6.20 Å². The van der Waals surface area contributed by atoms with Crippen LogP contribution in [0.15, 0.2) is 12.3 Å². The largest absolute Gasteiger partial charge is 0.478 e. The van der Waals surface area contributed by atoms with Crippen LogP contribution in [0.5, 0.6) is 0 Å². The lowest BCUT2D eigenvalue weighted by Gasteiger charge is -2.01. The number of hydrogen-bond acceptors (Lipinski definition) is 4. The molecule has 68 valence electrons. The molecular formula is C8H8N2O3. The summed E-state index contributed by atoms with van der Waals surface area (Å²) in [5.74, 6) is -1.37. The van der Waals surface area contributed by atoms with Gasteiger partial charge in [-0.15, -0.1) is 0 Å². The van der Waals surface area contributed by atoms with E-state index >= 15 is 0 Å². The molecule has 3 N–H and O–H groups in total. The average Bonchev–Trinajstić information content (AvgIpc) is 2.04. The fourth-order valence-electron chi connectivity index (χ4n) is 0.874. The third-order valence-electron chi connectivity index (χ3n) is 1.54. The number of Topliss-reactive ketones (excluding diaryl/α,β-unsaturated/α-hetero) is 1. The second-order valence-electron chi connectivity index (χ2n) is 2.52. The summed E-state index contributed by atoms with van der Waals surface area (Å²) in [7, 11) is 0. The van der Waals surface area contributed by atoms with E-state index in [4.69, 9.17) is 10.8 Å². The van der Waals surface area contributed by atoms with Crippen molar-refractivity contribution in [2.75, 3.05) is 5.73 Å². The third-order valence-corrected chi connectivity index (χ3v) is 1.54. The first-order chi connectivity index (χ1) is 6.02. The lowest BCUT2D eigenvalue weighted by atomic mass is 10.1. The Kier molecular flexibility index (Phi) is 2.27. The van der Waals surface area contributed by atoms with E-state index in [9.17, 15) is 9.59 Å². The van der Waals surface area contributed by atoms with E-state index in [-0.39, 0.29) is 22.7 Å². The maximum Gasteiger partial charge on any atom is 0.337 e. The zero-order chi connectivity index (χ0) is 10.0. The highest BCUT2D eigenvalue weighted by Crippen LogP contribution is 2.11. The Morgan fingerprint density at radius 1 is 1.54 bits per heavy atom. The molecule has 1 rings (SSSR count). The van der Waals surface area contributed by atoms with E-state index in [1.807, 2.05) is 0 Å². The van der Waals surface area contributed by atoms with Crippen molar-refractivity contribution in [2.24, 2.45) is 0 Å². The van der Waals surface area contributed by atoms with Crippen LogP contribution in [0, 0.1) is 0 Å². The van der Waals surface area contributed by atoms with E-state index in [1.165, 1.54) is 13.0 Å². The van der Waals surface area contributed by atoms with Crippen molar-refractivity contribution < 1.29 is 14.7 Å². The molecule has 0 amide bonds. The number of ketones is 1. The van der Waals surface area contributed by atoms with Crippen molar-refractivity contribution in [1.82, 2.24) is 4.98 Å². The van der Waals surface area contributed by atoms with Gasteiger partial charge in [-0.1, -0.05) is 0 Å². The topological polar surface area (TPSA) is 93.3 Å². The zero-order valence-corrected chi connectivity index (χ0v) is 6.94. The summed E-state index contributed by atoms with van der Waals surface area (Å²) < 4.78 is 0. The minimum absolute atomic E-state index is 0.0422. The van der Waals surface area contributed by atoms with Crippen molar-refractivity contribution in [3.63, 3.8) is 0 Å². The van der Waals surface area contributed by atoms with Crippen molar-refractivity contribution in [1.29, 1.82) is 0 Å². The molecule has 1 heterocycles. The Labute approximate surface area is 74.2 Å². The number of anilines is 1. The molecule has 0 unspecified atom stereocenters. The van der Waals surface area contributed by atoms with Gasteiger partial charge >= 0.3 is 5.97 Å². The van der Waals surface area contributed by atoms with Gasteiger partial charge < -0.3 is 10.8 Å². The lowest BCUT2D eigenvalue weighted by Crippen LogP contribution is -2.06. The number of nitrogen functional groups attached to an aromatic ring is 1. The van der Waals surface area contributed by atoms with Crippen molar-refractivity contribution >= 4 is 17.6 Å². The molecule has 0 aliphatic carbocycles. The number of pyridine rings is 1. The van der Waals surface area contributed by atoms with Crippen LogP contribution in [-0.4, -0.2) is 21.8 Å². The summed E-state index contributed by atoms with van der Waals surface area (Å²) in [6, 6.07) is 1.22. The number of aromatic nitrogens is 1. The number of carbonyl (C=O) groups is 2. The van der Waals surface area contributed by atoms with Crippen LogP contribution in [0.1, 0.15) is 27.6 Å². The minimum Gasteiger partial charge on any atom is -0.478 e. The second kappa shape index (κ2) is 3.22. The Hall–Kier alpha value is -1.91. The number of aromatic carboxylic acids is 1. The van der Waals surface area contributed by atoms with Gasteiger partial charge in [0.1, 0.15) is 5.82 Å². The van der Waals surface area contributed by atoms with Crippen LogP contribution >= 0.6 is 0 Å². The summed E-state index contributed by atoms with van der Waals surface area (Å²) in [5, 5.41) is 8.59. The number of carboxylic acids is 1. The number of carboxylic acid groups (broad SMARTS) is 1. The molecule has 0 saturated carbocycles. The minimum atomic E-state index is -1.13. The SMILES string of the molecule is CC(=O)c1cc(C(=O)O)cnc1N. The Bertz CT molecular complexity index is 374. The highest BCUT2D eigenvalue weighted by molar-refractivity contribution is 6.00. The second-order valence-corrected chi connectivity index (χ2v) is 2.52. The lowest BCUT2D eigenvalue weighted by molar-refractivity contribution is 0.0696. The molecule has 5 nitrogen and oxygen atoms in total. The van der Waals surface area contributed by atoms with E-state index in [2.05, 4.69) is 4.98 Å². The van der Waals surface area contributed by atoms with E-state index < -0.39 is 5.97 Å². The Morgan fingerprint density at radius 2 is 2.15 bits per heavy atom. The fraction of sp³-hybridized carbons (Fsp3) is 0.125. The van der Waals surface area contributed by atoms with Gasteiger partial charge in [-0.25, -0.2) is 9.78 Å². The van der Waals surface area contributed by atoms with E-state index in [1.54, 1.807) is 0 Å². The summed E-state index contributed by atoms with van der Waals surface area (Å²) in [6.07, 6.45) is 1.12. The van der Waals surface area contributed by atoms with Gasteiger partial charge in [0.25, 0.3) is 0 Å². The quantitative estimate of drug-likeness (QED) is 0.648. The van der Waals surface area contributed by atoms with Crippen molar-refractivity contribution in [3.8, 4) is 0 Å². The maximum absolute atomic E-state index is 10.9. The van der Waals surface area contributed by atoms with Crippen LogP contribution < -0.4 is 5.73 Å². The van der Waals surface area contributed by atoms with Gasteiger partial charge in [-0.3, -0.25) is 4.79 Å². The molecule has 0 fully saturated rings. The molecule has 13 heavy (non-hydrogen) atoms. The average molecular weight is 180 g/mol. The molecule has 0 aliphatic rings. The molecule has 0 spiro atoms. The number of nitrogens with two attached hydrogens (primary N) is 1. The van der Waals surface area contributed by atoms with Gasteiger partial charge in [0.15, 0.2) is 5.78 Å². The van der Waals surface area contributed by atoms with Crippen LogP contribution in [0.25, 0.3) is 0 Å². The Morgan fingerprint density at radius 3 is 2.62 bits per heavy atom. The first-order valence-electron chi connectivity index (χ1n) is 3.52. The molecule has 1 aromatic heterocycles. The maximum atomic E-state index is 10.9. The molecule has 5 heteroatoms. The predicted octanol–water partition coefficient (Wildman–Crippen LogP) is 0.565. The van der Waals surface area contributed by atoms with Gasteiger partial charge in [-0.05, 0) is 13.0 Å². The standard InChI is InChI=1S/C8H8N2O3/c1-4(11)6-2-5(8(12)13)3-10-7(6)9/h2-3H,1H3,(H2,9,10)(H,12,13). The highest BCUT2D eigenvalue weighted by Gasteiger charge is 2.10. The summed E-state index contributed by atoms with van der Waals surface area (Å²) in [4.78, 5) is 25.0. The van der Waals surface area contributed by atoms with Gasteiger partial charge in [0.05, 0.1) is 11.1 Å². The van der Waals surface area contributed by atoms with Crippen LogP contribution in [0.4, 0.5) is 5.82 Å². The summed E-state index contributed by atoms with van der Waals surface area (Å²) >= 11 is 0. The third kappa shape index (κ3) is 1.81. The van der Waals surface area contributed by atoms with Crippen LogP contribution in [0.3, 0.4) is 0 Å². The van der Waals surface area contributed by atoms with Gasteiger partial charge in [0.2, 0.25) is 0 Å². The molecule has 0 atom stereocenters. The zero-order valence-electron chi connectivity index (χ0n) is 6.94.